The molecule has 2 nitrogen and oxygen atoms in total. The zero-order valence-electron chi connectivity index (χ0n) is 16.1. The Bertz CT molecular complexity index is 891. The third kappa shape index (κ3) is 5.14. The highest BCUT2D eigenvalue weighted by atomic mass is 14.9. The molecule has 0 bridgehead atoms. The predicted molar refractivity (Wildman–Crippen MR) is 112 cm³/mol. The van der Waals surface area contributed by atoms with Crippen molar-refractivity contribution in [3.8, 4) is 0 Å². The van der Waals surface area contributed by atoms with Crippen LogP contribution in [0.1, 0.15) is 22.3 Å². The SMILES string of the molecule is c1cc[n+](Cc2ccc(CCc3ccc(C[n+]4ccccc4)cc3)cc2)cc1. The molecule has 0 N–H and O–H groups in total. The maximum absolute atomic E-state index is 2.26. The summed E-state index contributed by atoms with van der Waals surface area (Å²) in [5, 5.41) is 0. The summed E-state index contributed by atoms with van der Waals surface area (Å²) in [6.45, 7) is 1.84. The van der Waals surface area contributed by atoms with Crippen LogP contribution in [0.15, 0.2) is 110 Å². The van der Waals surface area contributed by atoms with E-state index < -0.39 is 0 Å². The summed E-state index contributed by atoms with van der Waals surface area (Å²) in [7, 11) is 0. The fraction of sp³-hybridized carbons (Fsp3) is 0.154. The Hall–Kier alpha value is -3.26. The van der Waals surface area contributed by atoms with Crippen molar-refractivity contribution >= 4 is 0 Å². The topological polar surface area (TPSA) is 7.76 Å². The Balaban J connectivity index is 1.30. The minimum Gasteiger partial charge on any atom is -0.201 e. The van der Waals surface area contributed by atoms with E-state index in [2.05, 4.69) is 107 Å². The Kier molecular flexibility index (Phi) is 5.89. The second-order valence-corrected chi connectivity index (χ2v) is 7.23. The summed E-state index contributed by atoms with van der Waals surface area (Å²) in [6, 6.07) is 30.4. The van der Waals surface area contributed by atoms with Crippen molar-refractivity contribution < 1.29 is 9.13 Å². The smallest absolute Gasteiger partial charge is 0.173 e. The number of hydrogen-bond donors (Lipinski definition) is 0. The van der Waals surface area contributed by atoms with E-state index in [0.717, 1.165) is 25.9 Å². The van der Waals surface area contributed by atoms with Crippen molar-refractivity contribution in [2.45, 2.75) is 25.9 Å². The van der Waals surface area contributed by atoms with E-state index in [1.807, 2.05) is 12.1 Å². The van der Waals surface area contributed by atoms with Crippen LogP contribution in [0.2, 0.25) is 0 Å². The maximum Gasteiger partial charge on any atom is 0.173 e. The third-order valence-corrected chi connectivity index (χ3v) is 5.03. The van der Waals surface area contributed by atoms with Crippen LogP contribution in [0.3, 0.4) is 0 Å². The molecule has 2 heterocycles. The molecule has 0 saturated heterocycles. The van der Waals surface area contributed by atoms with Crippen molar-refractivity contribution in [3.63, 3.8) is 0 Å². The summed E-state index contributed by atoms with van der Waals surface area (Å²) in [5.74, 6) is 0. The van der Waals surface area contributed by atoms with Crippen molar-refractivity contribution in [1.29, 1.82) is 0 Å². The van der Waals surface area contributed by atoms with Crippen LogP contribution in [0, 0.1) is 0 Å². The number of nitrogens with zero attached hydrogens (tertiary/aromatic N) is 2. The van der Waals surface area contributed by atoms with Crippen LogP contribution < -0.4 is 9.13 Å². The highest BCUT2D eigenvalue weighted by molar-refractivity contribution is 5.26. The molecule has 0 spiro atoms. The van der Waals surface area contributed by atoms with E-state index in [4.69, 9.17) is 0 Å². The summed E-state index contributed by atoms with van der Waals surface area (Å²) >= 11 is 0. The Morgan fingerprint density at radius 1 is 0.393 bits per heavy atom. The second kappa shape index (κ2) is 9.09. The predicted octanol–water partition coefficient (Wildman–Crippen LogP) is 4.14. The lowest BCUT2D eigenvalue weighted by molar-refractivity contribution is -0.688. The van der Waals surface area contributed by atoms with E-state index in [0.29, 0.717) is 0 Å². The van der Waals surface area contributed by atoms with Gasteiger partial charge in [-0.3, -0.25) is 0 Å². The first-order valence-corrected chi connectivity index (χ1v) is 9.89. The quantitative estimate of drug-likeness (QED) is 0.434. The van der Waals surface area contributed by atoms with E-state index in [1.54, 1.807) is 0 Å². The molecule has 0 unspecified atom stereocenters. The molecule has 0 radical (unpaired) electrons. The number of hydrogen-bond acceptors (Lipinski definition) is 0. The van der Waals surface area contributed by atoms with Crippen LogP contribution in [-0.2, 0) is 25.9 Å². The summed E-state index contributed by atoms with van der Waals surface area (Å²) in [5.41, 5.74) is 5.46. The molecule has 0 fully saturated rings. The molecule has 138 valence electrons. The van der Waals surface area contributed by atoms with Gasteiger partial charge in [-0.1, -0.05) is 60.7 Å². The van der Waals surface area contributed by atoms with E-state index >= 15 is 0 Å². The molecule has 0 aliphatic carbocycles. The first-order valence-electron chi connectivity index (χ1n) is 9.89. The van der Waals surface area contributed by atoms with Crippen LogP contribution in [-0.4, -0.2) is 0 Å². The van der Waals surface area contributed by atoms with Gasteiger partial charge >= 0.3 is 0 Å². The highest BCUT2D eigenvalue weighted by Crippen LogP contribution is 2.11. The van der Waals surface area contributed by atoms with Crippen molar-refractivity contribution in [3.05, 3.63) is 132 Å². The normalized spacial score (nSPS) is 10.7. The van der Waals surface area contributed by atoms with Crippen molar-refractivity contribution in [2.75, 3.05) is 0 Å². The molecule has 4 rings (SSSR count). The van der Waals surface area contributed by atoms with Gasteiger partial charge < -0.3 is 0 Å². The summed E-state index contributed by atoms with van der Waals surface area (Å²) in [6.07, 6.45) is 10.6. The van der Waals surface area contributed by atoms with E-state index in [-0.39, 0.29) is 0 Å². The standard InChI is InChI=1S/C26H26N2/c1-3-17-27(18-4-1)21-25-13-9-23(10-14-25)7-8-24-11-15-26(16-12-24)22-28-19-5-2-6-20-28/h1-6,9-20H,7-8,21-22H2/q+2. The number of aromatic nitrogens is 2. The molecule has 0 amide bonds. The zero-order valence-corrected chi connectivity index (χ0v) is 16.1. The number of aryl methyl sites for hydroxylation is 2. The van der Waals surface area contributed by atoms with Crippen molar-refractivity contribution in [1.82, 2.24) is 0 Å². The molecule has 28 heavy (non-hydrogen) atoms. The van der Waals surface area contributed by atoms with Crippen molar-refractivity contribution in [2.24, 2.45) is 0 Å². The molecule has 2 aromatic heterocycles. The second-order valence-electron chi connectivity index (χ2n) is 7.23. The van der Waals surface area contributed by atoms with Crippen LogP contribution in [0.4, 0.5) is 0 Å². The summed E-state index contributed by atoms with van der Waals surface area (Å²) < 4.78 is 4.40. The number of rotatable bonds is 7. The van der Waals surface area contributed by atoms with Gasteiger partial charge in [0, 0.05) is 35.4 Å². The van der Waals surface area contributed by atoms with Gasteiger partial charge in [0.25, 0.3) is 0 Å². The van der Waals surface area contributed by atoms with Gasteiger partial charge in [0.05, 0.1) is 0 Å². The van der Waals surface area contributed by atoms with Gasteiger partial charge in [-0.2, -0.15) is 0 Å². The van der Waals surface area contributed by atoms with E-state index in [9.17, 15) is 0 Å². The average molecular weight is 367 g/mol. The van der Waals surface area contributed by atoms with Gasteiger partial charge in [0.1, 0.15) is 0 Å². The zero-order chi connectivity index (χ0) is 19.0. The Morgan fingerprint density at radius 2 is 0.714 bits per heavy atom. The molecular weight excluding hydrogens is 340 g/mol. The highest BCUT2D eigenvalue weighted by Gasteiger charge is 2.04. The Labute approximate surface area is 167 Å². The molecule has 4 aromatic rings. The average Bonchev–Trinajstić information content (AvgIpc) is 2.76. The first-order chi connectivity index (χ1) is 13.8. The fourth-order valence-corrected chi connectivity index (χ4v) is 3.41. The van der Waals surface area contributed by atoms with Gasteiger partial charge in [0.2, 0.25) is 0 Å². The monoisotopic (exact) mass is 366 g/mol. The molecule has 0 atom stereocenters. The summed E-state index contributed by atoms with van der Waals surface area (Å²) in [4.78, 5) is 0. The Morgan fingerprint density at radius 3 is 1.07 bits per heavy atom. The van der Waals surface area contributed by atoms with Gasteiger partial charge in [-0.05, 0) is 24.0 Å². The third-order valence-electron chi connectivity index (χ3n) is 5.03. The molecule has 0 saturated carbocycles. The molecule has 0 aliphatic heterocycles. The van der Waals surface area contributed by atoms with Gasteiger partial charge in [0.15, 0.2) is 37.9 Å². The minimum absolute atomic E-state index is 0.919. The molecule has 0 aliphatic rings. The van der Waals surface area contributed by atoms with Crippen LogP contribution in [0.5, 0.6) is 0 Å². The lowest BCUT2D eigenvalue weighted by Crippen LogP contribution is -2.32. The maximum atomic E-state index is 2.26. The number of pyridine rings is 2. The largest absolute Gasteiger partial charge is 0.201 e. The molecule has 2 heteroatoms. The fourth-order valence-electron chi connectivity index (χ4n) is 3.41. The van der Waals surface area contributed by atoms with E-state index in [1.165, 1.54) is 22.3 Å². The first kappa shape index (κ1) is 18.1. The van der Waals surface area contributed by atoms with Crippen LogP contribution in [0.25, 0.3) is 0 Å². The lowest BCUT2D eigenvalue weighted by Gasteiger charge is -2.05. The molecule has 2 aromatic carbocycles. The number of benzene rings is 2. The minimum atomic E-state index is 0.919. The molecular formula is C26H26N2+2. The van der Waals surface area contributed by atoms with Gasteiger partial charge in [-0.25, -0.2) is 9.13 Å². The lowest BCUT2D eigenvalue weighted by atomic mass is 10.0. The van der Waals surface area contributed by atoms with Gasteiger partial charge in [-0.15, -0.1) is 0 Å². The van der Waals surface area contributed by atoms with Crippen LogP contribution >= 0.6 is 0 Å².